The maximum Gasteiger partial charge on any atom is 0.315 e. The van der Waals surface area contributed by atoms with Gasteiger partial charge in [0.15, 0.2) is 0 Å². The fourth-order valence-corrected chi connectivity index (χ4v) is 2.81. The smallest absolute Gasteiger partial charge is 0.315 e. The Morgan fingerprint density at radius 3 is 2.79 bits per heavy atom. The van der Waals surface area contributed by atoms with E-state index in [4.69, 9.17) is 0 Å². The summed E-state index contributed by atoms with van der Waals surface area (Å²) in [6.45, 7) is 1.61. The van der Waals surface area contributed by atoms with Gasteiger partial charge in [-0.15, -0.1) is 0 Å². The number of carbonyl (C=O) groups is 2. The second kappa shape index (κ2) is 7.63. The zero-order valence-corrected chi connectivity index (χ0v) is 13.4. The van der Waals surface area contributed by atoms with Crippen molar-refractivity contribution in [3.05, 3.63) is 53.9 Å². The molecule has 1 saturated heterocycles. The molecule has 1 aromatic carbocycles. The van der Waals surface area contributed by atoms with E-state index in [9.17, 15) is 9.59 Å². The van der Waals surface area contributed by atoms with Gasteiger partial charge in [-0.3, -0.25) is 9.89 Å². The van der Waals surface area contributed by atoms with E-state index in [1.165, 1.54) is 0 Å². The number of aromatic nitrogens is 2. The minimum absolute atomic E-state index is 0.149. The molecule has 0 bridgehead atoms. The predicted octanol–water partition coefficient (Wildman–Crippen LogP) is 1.57. The molecule has 1 fully saturated rings. The summed E-state index contributed by atoms with van der Waals surface area (Å²) in [6.07, 6.45) is 3.11. The second-order valence-electron chi connectivity index (χ2n) is 5.82. The van der Waals surface area contributed by atoms with Crippen LogP contribution >= 0.6 is 0 Å². The highest BCUT2D eigenvalue weighted by Gasteiger charge is 2.25. The number of rotatable bonds is 6. The van der Waals surface area contributed by atoms with E-state index in [1.54, 1.807) is 12.3 Å². The molecule has 2 aromatic rings. The fraction of sp³-hybridized carbons (Fsp3) is 0.353. The Bertz CT molecular complexity index is 672. The maximum absolute atomic E-state index is 12.2. The average Bonchev–Trinajstić information content (AvgIpc) is 3.25. The fourth-order valence-electron chi connectivity index (χ4n) is 2.81. The molecule has 1 aromatic heterocycles. The van der Waals surface area contributed by atoms with Gasteiger partial charge in [0.1, 0.15) is 0 Å². The summed E-state index contributed by atoms with van der Waals surface area (Å²) in [4.78, 5) is 25.9. The van der Waals surface area contributed by atoms with Crippen LogP contribution in [-0.4, -0.2) is 40.1 Å². The van der Waals surface area contributed by atoms with Crippen LogP contribution in [0.5, 0.6) is 0 Å². The van der Waals surface area contributed by atoms with Crippen LogP contribution in [-0.2, 0) is 11.3 Å². The number of H-pyrrole nitrogens is 1. The number of aromatic amines is 1. The van der Waals surface area contributed by atoms with E-state index in [0.29, 0.717) is 19.5 Å². The van der Waals surface area contributed by atoms with Gasteiger partial charge in [0.05, 0.1) is 18.3 Å². The molecule has 2 heterocycles. The minimum Gasteiger partial charge on any atom is -0.340 e. The molecule has 0 saturated carbocycles. The lowest BCUT2D eigenvalue weighted by atomic mass is 10.1. The second-order valence-corrected chi connectivity index (χ2v) is 5.82. The molecule has 7 nitrogen and oxygen atoms in total. The van der Waals surface area contributed by atoms with Crippen molar-refractivity contribution in [2.45, 2.75) is 25.4 Å². The van der Waals surface area contributed by atoms with Crippen LogP contribution in [0.1, 0.15) is 30.1 Å². The van der Waals surface area contributed by atoms with Gasteiger partial charge < -0.3 is 15.5 Å². The van der Waals surface area contributed by atoms with Gasteiger partial charge >= 0.3 is 6.03 Å². The molecule has 3 rings (SSSR count). The average molecular weight is 327 g/mol. The predicted molar refractivity (Wildman–Crippen MR) is 89.0 cm³/mol. The van der Waals surface area contributed by atoms with E-state index in [1.807, 2.05) is 35.2 Å². The molecular formula is C17H21N5O2. The SMILES string of the molecule is O=C(NCc1ccn[nH]1)N[C@@H](CN1CCCC1=O)c1ccccc1. The number of nitrogens with zero attached hydrogens (tertiary/aromatic N) is 2. The van der Waals surface area contributed by atoms with Crippen LogP contribution in [0.2, 0.25) is 0 Å². The molecule has 24 heavy (non-hydrogen) atoms. The number of urea groups is 1. The lowest BCUT2D eigenvalue weighted by Gasteiger charge is -2.25. The number of likely N-dealkylation sites (tertiary alicyclic amines) is 1. The van der Waals surface area contributed by atoms with Gasteiger partial charge in [0.25, 0.3) is 0 Å². The molecule has 0 radical (unpaired) electrons. The number of benzene rings is 1. The van der Waals surface area contributed by atoms with Gasteiger partial charge in [-0.25, -0.2) is 4.79 Å². The Morgan fingerprint density at radius 2 is 2.12 bits per heavy atom. The molecule has 0 unspecified atom stereocenters. The van der Waals surface area contributed by atoms with Crippen molar-refractivity contribution in [3.8, 4) is 0 Å². The third-order valence-corrected chi connectivity index (χ3v) is 4.08. The Balaban J connectivity index is 1.63. The first-order valence-corrected chi connectivity index (χ1v) is 8.08. The van der Waals surface area contributed by atoms with Crippen molar-refractivity contribution < 1.29 is 9.59 Å². The lowest BCUT2D eigenvalue weighted by molar-refractivity contribution is -0.128. The highest BCUT2D eigenvalue weighted by Crippen LogP contribution is 2.18. The number of amides is 3. The summed E-state index contributed by atoms with van der Waals surface area (Å²) < 4.78 is 0. The first-order valence-electron chi connectivity index (χ1n) is 8.08. The monoisotopic (exact) mass is 327 g/mol. The Labute approximate surface area is 140 Å². The topological polar surface area (TPSA) is 90.1 Å². The van der Waals surface area contributed by atoms with E-state index in [2.05, 4.69) is 20.8 Å². The number of carbonyl (C=O) groups excluding carboxylic acids is 2. The summed E-state index contributed by atoms with van der Waals surface area (Å²) in [6, 6.07) is 11.0. The van der Waals surface area contributed by atoms with E-state index < -0.39 is 0 Å². The summed E-state index contributed by atoms with van der Waals surface area (Å²) in [5.41, 5.74) is 1.81. The molecule has 0 spiro atoms. The molecule has 3 N–H and O–H groups in total. The van der Waals surface area contributed by atoms with Crippen molar-refractivity contribution in [2.75, 3.05) is 13.1 Å². The van der Waals surface area contributed by atoms with Crippen molar-refractivity contribution in [1.82, 2.24) is 25.7 Å². The van der Waals surface area contributed by atoms with Crippen LogP contribution in [0.25, 0.3) is 0 Å². The van der Waals surface area contributed by atoms with Crippen molar-refractivity contribution in [1.29, 1.82) is 0 Å². The van der Waals surface area contributed by atoms with E-state index in [0.717, 1.165) is 24.2 Å². The molecule has 1 aliphatic rings. The van der Waals surface area contributed by atoms with E-state index in [-0.39, 0.29) is 18.0 Å². The van der Waals surface area contributed by atoms with Crippen molar-refractivity contribution in [3.63, 3.8) is 0 Å². The Morgan fingerprint density at radius 1 is 1.29 bits per heavy atom. The van der Waals surface area contributed by atoms with Gasteiger partial charge in [-0.05, 0) is 18.1 Å². The lowest BCUT2D eigenvalue weighted by Crippen LogP contribution is -2.42. The van der Waals surface area contributed by atoms with Gasteiger partial charge in [-0.2, -0.15) is 5.10 Å². The standard InChI is InChI=1S/C17H21N5O2/c23-16-7-4-10-22(16)12-15(13-5-2-1-3-6-13)20-17(24)18-11-14-8-9-19-21-14/h1-3,5-6,8-9,15H,4,7,10-12H2,(H,19,21)(H2,18,20,24)/t15-/m0/s1. The quantitative estimate of drug-likeness (QED) is 0.752. The number of hydrogen-bond donors (Lipinski definition) is 3. The van der Waals surface area contributed by atoms with Crippen LogP contribution in [0.3, 0.4) is 0 Å². The molecule has 3 amide bonds. The largest absolute Gasteiger partial charge is 0.340 e. The number of hydrogen-bond acceptors (Lipinski definition) is 3. The molecule has 0 aliphatic carbocycles. The molecule has 126 valence electrons. The molecule has 7 heteroatoms. The first kappa shape index (κ1) is 16.0. The van der Waals surface area contributed by atoms with Crippen LogP contribution < -0.4 is 10.6 Å². The first-order chi connectivity index (χ1) is 11.7. The van der Waals surface area contributed by atoms with E-state index >= 15 is 0 Å². The third kappa shape index (κ3) is 4.13. The van der Waals surface area contributed by atoms with Gasteiger partial charge in [-0.1, -0.05) is 30.3 Å². The molecule has 1 atom stereocenters. The minimum atomic E-state index is -0.273. The third-order valence-electron chi connectivity index (χ3n) is 4.08. The van der Waals surface area contributed by atoms with Crippen LogP contribution in [0.4, 0.5) is 4.79 Å². The maximum atomic E-state index is 12.2. The summed E-state index contributed by atoms with van der Waals surface area (Å²) in [5, 5.41) is 12.4. The normalized spacial score (nSPS) is 15.3. The zero-order valence-electron chi connectivity index (χ0n) is 13.4. The molecule has 1 aliphatic heterocycles. The highest BCUT2D eigenvalue weighted by molar-refractivity contribution is 5.78. The van der Waals surface area contributed by atoms with Gasteiger partial charge in [0.2, 0.25) is 5.91 Å². The van der Waals surface area contributed by atoms with Crippen molar-refractivity contribution in [2.24, 2.45) is 0 Å². The summed E-state index contributed by atoms with van der Waals surface area (Å²) in [7, 11) is 0. The van der Waals surface area contributed by atoms with Crippen molar-refractivity contribution >= 4 is 11.9 Å². The Kier molecular flexibility index (Phi) is 5.10. The van der Waals surface area contributed by atoms with Gasteiger partial charge in [0, 0.05) is 25.7 Å². The van der Waals surface area contributed by atoms with Crippen LogP contribution in [0.15, 0.2) is 42.6 Å². The number of nitrogens with one attached hydrogen (secondary N) is 3. The Hall–Kier alpha value is -2.83. The van der Waals surface area contributed by atoms with Crippen LogP contribution in [0, 0.1) is 0 Å². The molecular weight excluding hydrogens is 306 g/mol. The summed E-state index contributed by atoms with van der Waals surface area (Å²) >= 11 is 0. The summed E-state index contributed by atoms with van der Waals surface area (Å²) in [5.74, 6) is 0.149. The highest BCUT2D eigenvalue weighted by atomic mass is 16.2. The zero-order chi connectivity index (χ0) is 16.8.